The number of carbonyl (C=O) groups is 3. The van der Waals surface area contributed by atoms with Crippen LogP contribution < -0.4 is 10.2 Å². The van der Waals surface area contributed by atoms with Crippen LogP contribution in [0.2, 0.25) is 0 Å². The third kappa shape index (κ3) is 3.89. The van der Waals surface area contributed by atoms with Crippen molar-refractivity contribution >= 4 is 23.5 Å². The molecule has 0 bridgehead atoms. The molecule has 0 radical (unpaired) electrons. The third-order valence-corrected chi connectivity index (χ3v) is 5.64. The normalized spacial score (nSPS) is 18.9. The fourth-order valence-corrected chi connectivity index (χ4v) is 4.01. The molecule has 0 saturated heterocycles. The molecule has 2 N–H and O–H groups in total. The summed E-state index contributed by atoms with van der Waals surface area (Å²) in [6.45, 7) is 0.494. The van der Waals surface area contributed by atoms with Crippen LogP contribution in [-0.2, 0) is 20.8 Å². The molecular formula is C20H26N2O4. The molecule has 1 saturated carbocycles. The maximum absolute atomic E-state index is 12.3. The molecule has 0 aromatic heterocycles. The molecule has 26 heavy (non-hydrogen) atoms. The summed E-state index contributed by atoms with van der Waals surface area (Å²) in [6.07, 6.45) is 5.43. The monoisotopic (exact) mass is 358 g/mol. The van der Waals surface area contributed by atoms with Crippen molar-refractivity contribution in [3.8, 4) is 0 Å². The van der Waals surface area contributed by atoms with Crippen molar-refractivity contribution in [1.29, 1.82) is 0 Å². The van der Waals surface area contributed by atoms with Gasteiger partial charge >= 0.3 is 5.97 Å². The molecule has 1 aliphatic heterocycles. The minimum Gasteiger partial charge on any atom is -0.481 e. The lowest BCUT2D eigenvalue weighted by Gasteiger charge is -2.33. The molecule has 1 aromatic rings. The second kappa shape index (κ2) is 7.89. The predicted octanol–water partition coefficient (Wildman–Crippen LogP) is 2.51. The molecule has 2 amide bonds. The minimum atomic E-state index is -0.832. The van der Waals surface area contributed by atoms with Crippen LogP contribution in [0.3, 0.4) is 0 Å². The van der Waals surface area contributed by atoms with Gasteiger partial charge in [-0.15, -0.1) is 0 Å². The average Bonchev–Trinajstić information content (AvgIpc) is 2.66. The van der Waals surface area contributed by atoms with Gasteiger partial charge in [0.1, 0.15) is 0 Å². The number of carboxylic acid groups (broad SMARTS) is 1. The number of nitrogens with zero attached hydrogens (tertiary/aromatic N) is 1. The summed E-state index contributed by atoms with van der Waals surface area (Å²) in [6, 6.07) is 7.76. The lowest BCUT2D eigenvalue weighted by Crippen LogP contribution is -2.45. The number of para-hydroxylation sites is 1. The Labute approximate surface area is 153 Å². The highest BCUT2D eigenvalue weighted by atomic mass is 16.4. The lowest BCUT2D eigenvalue weighted by molar-refractivity contribution is -0.151. The van der Waals surface area contributed by atoms with E-state index in [9.17, 15) is 19.5 Å². The number of benzene rings is 1. The highest BCUT2D eigenvalue weighted by molar-refractivity contribution is 5.97. The molecule has 1 aromatic carbocycles. The van der Waals surface area contributed by atoms with Crippen LogP contribution in [0.4, 0.5) is 5.69 Å². The van der Waals surface area contributed by atoms with Crippen molar-refractivity contribution in [2.45, 2.75) is 51.4 Å². The summed E-state index contributed by atoms with van der Waals surface area (Å²) in [4.78, 5) is 37.8. The molecule has 6 nitrogen and oxygen atoms in total. The van der Waals surface area contributed by atoms with E-state index >= 15 is 0 Å². The van der Waals surface area contributed by atoms with E-state index < -0.39 is 11.4 Å². The highest BCUT2D eigenvalue weighted by Crippen LogP contribution is 2.36. The number of amides is 2. The summed E-state index contributed by atoms with van der Waals surface area (Å²) >= 11 is 0. The molecule has 0 spiro atoms. The number of nitrogens with one attached hydrogen (secondary N) is 1. The van der Waals surface area contributed by atoms with E-state index in [1.54, 1.807) is 4.90 Å². The summed E-state index contributed by atoms with van der Waals surface area (Å²) in [5, 5.41) is 12.4. The van der Waals surface area contributed by atoms with Crippen molar-refractivity contribution in [3.63, 3.8) is 0 Å². The number of anilines is 1. The van der Waals surface area contributed by atoms with Gasteiger partial charge in [-0.05, 0) is 30.9 Å². The Morgan fingerprint density at radius 2 is 1.85 bits per heavy atom. The molecule has 140 valence electrons. The van der Waals surface area contributed by atoms with Crippen molar-refractivity contribution < 1.29 is 19.5 Å². The van der Waals surface area contributed by atoms with E-state index in [-0.39, 0.29) is 24.8 Å². The van der Waals surface area contributed by atoms with Crippen LogP contribution in [0.25, 0.3) is 0 Å². The fraction of sp³-hybridized carbons (Fsp3) is 0.550. The zero-order valence-electron chi connectivity index (χ0n) is 15.0. The van der Waals surface area contributed by atoms with Gasteiger partial charge in [0.15, 0.2) is 0 Å². The number of carboxylic acids is 1. The van der Waals surface area contributed by atoms with Gasteiger partial charge in [0, 0.05) is 31.6 Å². The van der Waals surface area contributed by atoms with Gasteiger partial charge in [-0.3, -0.25) is 14.4 Å². The van der Waals surface area contributed by atoms with Gasteiger partial charge < -0.3 is 15.3 Å². The van der Waals surface area contributed by atoms with E-state index in [1.165, 1.54) is 0 Å². The van der Waals surface area contributed by atoms with Crippen molar-refractivity contribution in [2.75, 3.05) is 18.0 Å². The molecule has 0 unspecified atom stereocenters. The molecule has 6 heteroatoms. The van der Waals surface area contributed by atoms with E-state index in [4.69, 9.17) is 0 Å². The summed E-state index contributed by atoms with van der Waals surface area (Å²) in [5.74, 6) is -0.990. The average molecular weight is 358 g/mol. The van der Waals surface area contributed by atoms with Crippen LogP contribution in [0, 0.1) is 5.41 Å². The number of aryl methyl sites for hydroxylation is 1. The first-order valence-electron chi connectivity index (χ1n) is 9.40. The van der Waals surface area contributed by atoms with Crippen LogP contribution >= 0.6 is 0 Å². The molecule has 3 rings (SSSR count). The second-order valence-corrected chi connectivity index (χ2v) is 7.35. The van der Waals surface area contributed by atoms with Gasteiger partial charge in [0.25, 0.3) is 0 Å². The summed E-state index contributed by atoms with van der Waals surface area (Å²) < 4.78 is 0. The van der Waals surface area contributed by atoms with Crippen molar-refractivity contribution in [2.24, 2.45) is 5.41 Å². The van der Waals surface area contributed by atoms with Crippen LogP contribution in [0.5, 0.6) is 0 Å². The first-order valence-corrected chi connectivity index (χ1v) is 9.40. The zero-order chi connectivity index (χ0) is 18.6. The minimum absolute atomic E-state index is 0.0331. The quantitative estimate of drug-likeness (QED) is 0.818. The highest BCUT2D eigenvalue weighted by Gasteiger charge is 2.39. The van der Waals surface area contributed by atoms with E-state index in [1.807, 2.05) is 24.3 Å². The third-order valence-electron chi connectivity index (χ3n) is 5.64. The van der Waals surface area contributed by atoms with Gasteiger partial charge in [-0.2, -0.15) is 0 Å². The number of carbonyl (C=O) groups excluding carboxylic acids is 2. The van der Waals surface area contributed by atoms with Gasteiger partial charge in [0.2, 0.25) is 11.8 Å². The number of hydrogen-bond acceptors (Lipinski definition) is 3. The topological polar surface area (TPSA) is 86.7 Å². The standard InChI is InChI=1S/C20H26N2O4/c23-17(21-14-20(19(25)26)11-4-1-5-12-20)10-13-22-16-7-3-2-6-15(16)8-9-18(22)24/h2-3,6-7H,1,4-5,8-14H2,(H,21,23)(H,25,26). The Bertz CT molecular complexity index is 695. The van der Waals surface area contributed by atoms with Crippen LogP contribution in [0.1, 0.15) is 50.5 Å². The summed E-state index contributed by atoms with van der Waals surface area (Å²) in [5.41, 5.74) is 1.17. The Morgan fingerprint density at radius 1 is 1.12 bits per heavy atom. The SMILES string of the molecule is O=C(CCN1C(=O)CCc2ccccc21)NCC1(C(=O)O)CCCCC1. The van der Waals surface area contributed by atoms with Gasteiger partial charge in [-0.1, -0.05) is 37.5 Å². The smallest absolute Gasteiger partial charge is 0.311 e. The van der Waals surface area contributed by atoms with Crippen LogP contribution in [-0.4, -0.2) is 36.0 Å². The van der Waals surface area contributed by atoms with Crippen LogP contribution in [0.15, 0.2) is 24.3 Å². The van der Waals surface area contributed by atoms with Crippen molar-refractivity contribution in [1.82, 2.24) is 5.32 Å². The van der Waals surface area contributed by atoms with Gasteiger partial charge in [0.05, 0.1) is 5.41 Å². The molecule has 1 aliphatic carbocycles. The zero-order valence-corrected chi connectivity index (χ0v) is 15.0. The number of aliphatic carboxylic acids is 1. The van der Waals surface area contributed by atoms with Gasteiger partial charge in [-0.25, -0.2) is 0 Å². The largest absolute Gasteiger partial charge is 0.481 e. The number of rotatable bonds is 6. The first-order chi connectivity index (χ1) is 12.5. The van der Waals surface area contributed by atoms with E-state index in [0.717, 1.165) is 36.9 Å². The van der Waals surface area contributed by atoms with E-state index in [0.29, 0.717) is 25.8 Å². The Kier molecular flexibility index (Phi) is 5.59. The maximum Gasteiger partial charge on any atom is 0.311 e. The Hall–Kier alpha value is -2.37. The lowest BCUT2D eigenvalue weighted by atomic mass is 9.74. The summed E-state index contributed by atoms with van der Waals surface area (Å²) in [7, 11) is 0. The molecular weight excluding hydrogens is 332 g/mol. The molecule has 0 atom stereocenters. The Balaban J connectivity index is 1.56. The van der Waals surface area contributed by atoms with E-state index in [2.05, 4.69) is 5.32 Å². The molecule has 1 heterocycles. The number of hydrogen-bond donors (Lipinski definition) is 2. The predicted molar refractivity (Wildman–Crippen MR) is 97.9 cm³/mol. The maximum atomic E-state index is 12.3. The molecule has 1 fully saturated rings. The fourth-order valence-electron chi connectivity index (χ4n) is 4.01. The molecule has 2 aliphatic rings. The Morgan fingerprint density at radius 3 is 2.58 bits per heavy atom. The number of fused-ring (bicyclic) bond motifs is 1. The second-order valence-electron chi connectivity index (χ2n) is 7.35. The first kappa shape index (κ1) is 18.4. The van der Waals surface area contributed by atoms with Crippen molar-refractivity contribution in [3.05, 3.63) is 29.8 Å².